The van der Waals surface area contributed by atoms with Crippen molar-refractivity contribution in [3.05, 3.63) is 35.9 Å². The van der Waals surface area contributed by atoms with Crippen molar-refractivity contribution in [1.82, 2.24) is 4.90 Å². The minimum atomic E-state index is 0. The van der Waals surface area contributed by atoms with Gasteiger partial charge in [-0.05, 0) is 44.3 Å². The van der Waals surface area contributed by atoms with Crippen LogP contribution in [0.5, 0.6) is 0 Å². The summed E-state index contributed by atoms with van der Waals surface area (Å²) in [6.45, 7) is 4.95. The zero-order valence-electron chi connectivity index (χ0n) is 15.7. The maximum atomic E-state index is 2.79. The summed E-state index contributed by atoms with van der Waals surface area (Å²) in [5.74, 6) is 0. The number of nitrogens with zero attached hydrogens (tertiary/aromatic N) is 1. The van der Waals surface area contributed by atoms with Crippen molar-refractivity contribution in [2.24, 2.45) is 0 Å². The predicted octanol–water partition coefficient (Wildman–Crippen LogP) is 6.65. The average molecular weight is 352 g/mol. The molecular weight excluding hydrogens is 314 g/mol. The van der Waals surface area contributed by atoms with E-state index in [1.54, 1.807) is 0 Å². The standard InChI is InChI=1S/C22H37N.ClH/c1-2-3-4-5-6-7-12-17-22(23-18-13-9-14-19-23)20-21-15-10-8-11-16-21;/h8,10-11,15-16,22H,2-7,9,12-14,17-20H2,1H3;1H. The van der Waals surface area contributed by atoms with Gasteiger partial charge in [-0.2, -0.15) is 0 Å². The lowest BCUT2D eigenvalue weighted by molar-refractivity contribution is 0.151. The molecule has 2 rings (SSSR count). The Hall–Kier alpha value is -0.530. The molecule has 1 nitrogen and oxygen atoms in total. The molecule has 1 unspecified atom stereocenters. The van der Waals surface area contributed by atoms with Gasteiger partial charge in [-0.15, -0.1) is 12.4 Å². The molecule has 138 valence electrons. The molecular formula is C22H38ClN. The van der Waals surface area contributed by atoms with Crippen molar-refractivity contribution in [1.29, 1.82) is 0 Å². The van der Waals surface area contributed by atoms with E-state index in [4.69, 9.17) is 0 Å². The third kappa shape index (κ3) is 8.53. The molecule has 1 heterocycles. The molecule has 0 bridgehead atoms. The second kappa shape index (κ2) is 13.7. The van der Waals surface area contributed by atoms with Gasteiger partial charge in [0.15, 0.2) is 0 Å². The van der Waals surface area contributed by atoms with E-state index in [9.17, 15) is 0 Å². The van der Waals surface area contributed by atoms with E-state index in [1.165, 1.54) is 95.7 Å². The fraction of sp³-hybridized carbons (Fsp3) is 0.727. The normalized spacial score (nSPS) is 16.5. The van der Waals surface area contributed by atoms with Gasteiger partial charge in [0.25, 0.3) is 0 Å². The van der Waals surface area contributed by atoms with Crippen molar-refractivity contribution < 1.29 is 0 Å². The maximum absolute atomic E-state index is 2.79. The van der Waals surface area contributed by atoms with Gasteiger partial charge in [-0.3, -0.25) is 0 Å². The molecule has 1 aliphatic heterocycles. The number of likely N-dealkylation sites (tertiary alicyclic amines) is 1. The van der Waals surface area contributed by atoms with Gasteiger partial charge in [0.2, 0.25) is 0 Å². The summed E-state index contributed by atoms with van der Waals surface area (Å²) in [7, 11) is 0. The Kier molecular flexibility index (Phi) is 12.3. The highest BCUT2D eigenvalue weighted by atomic mass is 35.5. The van der Waals surface area contributed by atoms with Crippen LogP contribution < -0.4 is 0 Å². The monoisotopic (exact) mass is 351 g/mol. The van der Waals surface area contributed by atoms with Gasteiger partial charge >= 0.3 is 0 Å². The Morgan fingerprint density at radius 1 is 0.833 bits per heavy atom. The quantitative estimate of drug-likeness (QED) is 0.403. The molecule has 1 aliphatic rings. The van der Waals surface area contributed by atoms with Crippen LogP contribution in [-0.2, 0) is 6.42 Å². The SMILES string of the molecule is CCCCCCCCCC(Cc1ccccc1)N1CCCCC1.Cl. The van der Waals surface area contributed by atoms with Crippen molar-refractivity contribution in [3.63, 3.8) is 0 Å². The topological polar surface area (TPSA) is 3.24 Å². The Labute approximate surface area is 156 Å². The van der Waals surface area contributed by atoms with E-state index < -0.39 is 0 Å². The number of hydrogen-bond acceptors (Lipinski definition) is 1. The highest BCUT2D eigenvalue weighted by molar-refractivity contribution is 5.85. The fourth-order valence-electron chi connectivity index (χ4n) is 3.92. The number of halogens is 1. The van der Waals surface area contributed by atoms with Crippen LogP contribution in [0.3, 0.4) is 0 Å². The van der Waals surface area contributed by atoms with Gasteiger partial charge in [-0.25, -0.2) is 0 Å². The molecule has 0 aliphatic carbocycles. The number of rotatable bonds is 11. The van der Waals surface area contributed by atoms with Crippen LogP contribution in [0.2, 0.25) is 0 Å². The third-order valence-corrected chi connectivity index (χ3v) is 5.36. The molecule has 0 aromatic heterocycles. The molecule has 2 heteroatoms. The van der Waals surface area contributed by atoms with Crippen molar-refractivity contribution in [2.75, 3.05) is 13.1 Å². The fourth-order valence-corrected chi connectivity index (χ4v) is 3.92. The summed E-state index contributed by atoms with van der Waals surface area (Å²) in [6, 6.07) is 11.9. The van der Waals surface area contributed by atoms with Crippen LogP contribution >= 0.6 is 12.4 Å². The molecule has 0 saturated carbocycles. The lowest BCUT2D eigenvalue weighted by Crippen LogP contribution is -2.40. The molecule has 0 N–H and O–H groups in total. The van der Waals surface area contributed by atoms with Gasteiger partial charge in [0.05, 0.1) is 0 Å². The molecule has 0 amide bonds. The van der Waals surface area contributed by atoms with Crippen LogP contribution in [0.25, 0.3) is 0 Å². The molecule has 1 aromatic rings. The van der Waals surface area contributed by atoms with Gasteiger partial charge in [-0.1, -0.05) is 88.6 Å². The Balaban J connectivity index is 0.00000288. The van der Waals surface area contributed by atoms with Gasteiger partial charge in [0, 0.05) is 6.04 Å². The molecule has 0 spiro atoms. The lowest BCUT2D eigenvalue weighted by Gasteiger charge is -2.35. The summed E-state index contributed by atoms with van der Waals surface area (Å²) in [4.78, 5) is 2.79. The zero-order valence-corrected chi connectivity index (χ0v) is 16.5. The summed E-state index contributed by atoms with van der Waals surface area (Å²) in [5.41, 5.74) is 1.52. The van der Waals surface area contributed by atoms with Crippen molar-refractivity contribution in [2.45, 2.75) is 90.0 Å². The summed E-state index contributed by atoms with van der Waals surface area (Å²) in [5, 5.41) is 0. The molecule has 1 fully saturated rings. The van der Waals surface area contributed by atoms with Crippen molar-refractivity contribution in [3.8, 4) is 0 Å². The lowest BCUT2D eigenvalue weighted by atomic mass is 9.96. The number of benzene rings is 1. The van der Waals surface area contributed by atoms with Crippen LogP contribution in [-0.4, -0.2) is 24.0 Å². The molecule has 24 heavy (non-hydrogen) atoms. The molecule has 1 saturated heterocycles. The second-order valence-corrected chi connectivity index (χ2v) is 7.35. The average Bonchev–Trinajstić information content (AvgIpc) is 2.61. The van der Waals surface area contributed by atoms with E-state index in [2.05, 4.69) is 42.2 Å². The summed E-state index contributed by atoms with van der Waals surface area (Å²) in [6.07, 6.45) is 16.8. The Morgan fingerprint density at radius 2 is 1.46 bits per heavy atom. The van der Waals surface area contributed by atoms with E-state index in [0.29, 0.717) is 0 Å². The summed E-state index contributed by atoms with van der Waals surface area (Å²) < 4.78 is 0. The first-order valence-corrected chi connectivity index (χ1v) is 10.2. The third-order valence-electron chi connectivity index (χ3n) is 5.36. The minimum absolute atomic E-state index is 0. The van der Waals surface area contributed by atoms with Crippen molar-refractivity contribution >= 4 is 12.4 Å². The highest BCUT2D eigenvalue weighted by Crippen LogP contribution is 2.20. The predicted molar refractivity (Wildman–Crippen MR) is 109 cm³/mol. The number of unbranched alkanes of at least 4 members (excludes halogenated alkanes) is 6. The minimum Gasteiger partial charge on any atom is -0.300 e. The van der Waals surface area contributed by atoms with E-state index in [1.807, 2.05) is 0 Å². The largest absolute Gasteiger partial charge is 0.300 e. The highest BCUT2D eigenvalue weighted by Gasteiger charge is 2.20. The second-order valence-electron chi connectivity index (χ2n) is 7.35. The first-order valence-electron chi connectivity index (χ1n) is 10.2. The molecule has 1 atom stereocenters. The Morgan fingerprint density at radius 3 is 2.12 bits per heavy atom. The molecule has 1 aromatic carbocycles. The van der Waals surface area contributed by atoms with Crippen LogP contribution in [0.15, 0.2) is 30.3 Å². The van der Waals surface area contributed by atoms with E-state index >= 15 is 0 Å². The van der Waals surface area contributed by atoms with Gasteiger partial charge in [0.1, 0.15) is 0 Å². The maximum Gasteiger partial charge on any atom is 0.0136 e. The van der Waals surface area contributed by atoms with Crippen LogP contribution in [0.1, 0.15) is 83.1 Å². The molecule has 0 radical (unpaired) electrons. The summed E-state index contributed by atoms with van der Waals surface area (Å²) >= 11 is 0. The van der Waals surface area contributed by atoms with E-state index in [0.717, 1.165) is 6.04 Å². The van der Waals surface area contributed by atoms with E-state index in [-0.39, 0.29) is 12.4 Å². The number of piperidine rings is 1. The van der Waals surface area contributed by atoms with Crippen LogP contribution in [0, 0.1) is 0 Å². The Bertz CT molecular complexity index is 386. The number of hydrogen-bond donors (Lipinski definition) is 0. The van der Waals surface area contributed by atoms with Gasteiger partial charge < -0.3 is 4.90 Å². The first-order chi connectivity index (χ1) is 11.4. The van der Waals surface area contributed by atoms with Crippen LogP contribution in [0.4, 0.5) is 0 Å². The smallest absolute Gasteiger partial charge is 0.0136 e. The first kappa shape index (κ1) is 21.5. The zero-order chi connectivity index (χ0) is 16.2.